The molecule has 0 heterocycles. The molecule has 104 valence electrons. The second-order valence-electron chi connectivity index (χ2n) is 3.96. The molecule has 0 radical (unpaired) electrons. The van der Waals surface area contributed by atoms with E-state index >= 15 is 0 Å². The second-order valence-corrected chi connectivity index (χ2v) is 3.96. The van der Waals surface area contributed by atoms with Crippen molar-refractivity contribution in [2.45, 2.75) is 6.61 Å². The van der Waals surface area contributed by atoms with Crippen molar-refractivity contribution in [2.75, 3.05) is 5.43 Å². The summed E-state index contributed by atoms with van der Waals surface area (Å²) in [6, 6.07) is 11.2. The van der Waals surface area contributed by atoms with E-state index in [4.69, 9.17) is 15.7 Å². The number of rotatable bonds is 5. The highest BCUT2D eigenvalue weighted by atomic mass is 16.6. The van der Waals surface area contributed by atoms with Crippen molar-refractivity contribution in [3.8, 4) is 11.5 Å². The minimum Gasteiger partial charge on any atom is -0.450 e. The van der Waals surface area contributed by atoms with Crippen LogP contribution >= 0.6 is 0 Å². The molecule has 0 unspecified atom stereocenters. The van der Waals surface area contributed by atoms with E-state index in [-0.39, 0.29) is 23.7 Å². The number of aliphatic hydroxyl groups is 1. The first-order valence-corrected chi connectivity index (χ1v) is 5.77. The Hall–Kier alpha value is -2.64. The van der Waals surface area contributed by atoms with Crippen molar-refractivity contribution in [1.82, 2.24) is 0 Å². The fourth-order valence-corrected chi connectivity index (χ4v) is 1.70. The van der Waals surface area contributed by atoms with Gasteiger partial charge in [0.15, 0.2) is 0 Å². The van der Waals surface area contributed by atoms with Crippen molar-refractivity contribution < 1.29 is 14.8 Å². The van der Waals surface area contributed by atoms with Crippen LogP contribution in [-0.4, -0.2) is 10.0 Å². The number of ether oxygens (including phenoxy) is 1. The summed E-state index contributed by atoms with van der Waals surface area (Å²) >= 11 is 0. The van der Waals surface area contributed by atoms with Gasteiger partial charge in [-0.25, -0.2) is 0 Å². The molecule has 0 atom stereocenters. The van der Waals surface area contributed by atoms with Crippen LogP contribution in [-0.2, 0) is 6.61 Å². The number of para-hydroxylation sites is 1. The Kier molecular flexibility index (Phi) is 4.14. The number of nitro groups is 1. The molecule has 0 fully saturated rings. The van der Waals surface area contributed by atoms with Gasteiger partial charge in [-0.15, -0.1) is 0 Å². The van der Waals surface area contributed by atoms with Crippen LogP contribution in [0.4, 0.5) is 11.4 Å². The van der Waals surface area contributed by atoms with Gasteiger partial charge in [-0.3, -0.25) is 16.0 Å². The number of nitrogens with zero attached hydrogens (tertiary/aromatic N) is 1. The summed E-state index contributed by atoms with van der Waals surface area (Å²) in [5.41, 5.74) is 2.92. The van der Waals surface area contributed by atoms with E-state index in [2.05, 4.69) is 5.43 Å². The maximum atomic E-state index is 11.1. The number of hydrazine groups is 1. The van der Waals surface area contributed by atoms with Crippen molar-refractivity contribution in [1.29, 1.82) is 0 Å². The SMILES string of the molecule is NNc1cccc(Oc2ccc(CO)cc2)c1[N+](=O)[O-]. The molecule has 0 aliphatic rings. The predicted molar refractivity (Wildman–Crippen MR) is 73.3 cm³/mol. The van der Waals surface area contributed by atoms with Gasteiger partial charge in [-0.05, 0) is 29.8 Å². The van der Waals surface area contributed by atoms with Gasteiger partial charge < -0.3 is 15.3 Å². The van der Waals surface area contributed by atoms with Crippen LogP contribution in [0.2, 0.25) is 0 Å². The molecule has 0 aromatic heterocycles. The molecule has 7 heteroatoms. The van der Waals surface area contributed by atoms with Gasteiger partial charge in [0.25, 0.3) is 0 Å². The smallest absolute Gasteiger partial charge is 0.335 e. The Labute approximate surface area is 114 Å². The fraction of sp³-hybridized carbons (Fsp3) is 0.0769. The number of nitrogens with two attached hydrogens (primary N) is 1. The highest BCUT2D eigenvalue weighted by molar-refractivity contribution is 5.68. The van der Waals surface area contributed by atoms with E-state index < -0.39 is 4.92 Å². The number of nitrogens with one attached hydrogen (secondary N) is 1. The van der Waals surface area contributed by atoms with Crippen LogP contribution < -0.4 is 16.0 Å². The largest absolute Gasteiger partial charge is 0.450 e. The van der Waals surface area contributed by atoms with E-state index in [1.165, 1.54) is 12.1 Å². The van der Waals surface area contributed by atoms with E-state index in [0.29, 0.717) is 5.75 Å². The number of anilines is 1. The average molecular weight is 275 g/mol. The zero-order valence-corrected chi connectivity index (χ0v) is 10.4. The summed E-state index contributed by atoms with van der Waals surface area (Å²) in [5, 5.41) is 20.0. The molecule has 2 aromatic carbocycles. The Morgan fingerprint density at radius 1 is 1.25 bits per heavy atom. The predicted octanol–water partition coefficient (Wildman–Crippen LogP) is 2.17. The zero-order valence-electron chi connectivity index (χ0n) is 10.4. The summed E-state index contributed by atoms with van der Waals surface area (Å²) in [6.07, 6.45) is 0. The van der Waals surface area contributed by atoms with Gasteiger partial charge in [-0.2, -0.15) is 0 Å². The van der Waals surface area contributed by atoms with Crippen LogP contribution in [0.1, 0.15) is 5.56 Å². The van der Waals surface area contributed by atoms with Crippen LogP contribution in [0.25, 0.3) is 0 Å². The third kappa shape index (κ3) is 2.85. The topological polar surface area (TPSA) is 111 Å². The van der Waals surface area contributed by atoms with Gasteiger partial charge in [0.1, 0.15) is 11.4 Å². The van der Waals surface area contributed by atoms with Crippen LogP contribution in [0.3, 0.4) is 0 Å². The molecule has 2 aromatic rings. The first-order chi connectivity index (χ1) is 9.65. The molecule has 0 aliphatic heterocycles. The molecule has 0 bridgehead atoms. The van der Waals surface area contributed by atoms with Crippen molar-refractivity contribution >= 4 is 11.4 Å². The minimum atomic E-state index is -0.563. The Balaban J connectivity index is 2.34. The summed E-state index contributed by atoms with van der Waals surface area (Å²) in [7, 11) is 0. The average Bonchev–Trinajstić information content (AvgIpc) is 2.47. The Bertz CT molecular complexity index is 614. The lowest BCUT2D eigenvalue weighted by molar-refractivity contribution is -0.384. The highest BCUT2D eigenvalue weighted by Gasteiger charge is 2.20. The third-order valence-electron chi connectivity index (χ3n) is 2.67. The molecule has 0 saturated carbocycles. The zero-order chi connectivity index (χ0) is 14.5. The summed E-state index contributed by atoms with van der Waals surface area (Å²) in [6.45, 7) is -0.0764. The molecule has 0 amide bonds. The monoisotopic (exact) mass is 275 g/mol. The van der Waals surface area contributed by atoms with Crippen molar-refractivity contribution in [3.05, 3.63) is 58.1 Å². The van der Waals surface area contributed by atoms with Crippen molar-refractivity contribution in [2.24, 2.45) is 5.84 Å². The maximum absolute atomic E-state index is 11.1. The standard InChI is InChI=1S/C13H13N3O4/c14-15-11-2-1-3-12(13(11)16(18)19)20-10-6-4-9(8-17)5-7-10/h1-7,15,17H,8,14H2. The van der Waals surface area contributed by atoms with Gasteiger partial charge in [0.2, 0.25) is 5.75 Å². The molecule has 0 saturated heterocycles. The van der Waals surface area contributed by atoms with Gasteiger partial charge in [0.05, 0.1) is 11.5 Å². The van der Waals surface area contributed by atoms with Crippen LogP contribution in [0, 0.1) is 10.1 Å². The first kappa shape index (κ1) is 13.8. The molecule has 0 spiro atoms. The number of hydrogen-bond donors (Lipinski definition) is 3. The van der Waals surface area contributed by atoms with E-state index in [9.17, 15) is 10.1 Å². The number of nitrogen functional groups attached to an aromatic ring is 1. The van der Waals surface area contributed by atoms with Crippen LogP contribution in [0.5, 0.6) is 11.5 Å². The van der Waals surface area contributed by atoms with Crippen LogP contribution in [0.15, 0.2) is 42.5 Å². The van der Waals surface area contributed by atoms with E-state index in [1.54, 1.807) is 30.3 Å². The fourth-order valence-electron chi connectivity index (χ4n) is 1.70. The molecule has 7 nitrogen and oxygen atoms in total. The molecule has 2 rings (SSSR count). The van der Waals surface area contributed by atoms with Gasteiger partial charge >= 0.3 is 5.69 Å². The summed E-state index contributed by atoms with van der Waals surface area (Å²) in [5.74, 6) is 5.77. The lowest BCUT2D eigenvalue weighted by atomic mass is 10.2. The minimum absolute atomic E-state index is 0.0764. The molecular weight excluding hydrogens is 262 g/mol. The Morgan fingerprint density at radius 3 is 2.50 bits per heavy atom. The number of aliphatic hydroxyl groups excluding tert-OH is 1. The number of nitro benzene ring substituents is 1. The lowest BCUT2D eigenvalue weighted by Crippen LogP contribution is -2.09. The van der Waals surface area contributed by atoms with E-state index in [1.807, 2.05) is 0 Å². The summed E-state index contributed by atoms with van der Waals surface area (Å²) < 4.78 is 5.49. The number of benzene rings is 2. The van der Waals surface area contributed by atoms with E-state index in [0.717, 1.165) is 5.56 Å². The first-order valence-electron chi connectivity index (χ1n) is 5.77. The molecule has 20 heavy (non-hydrogen) atoms. The molecule has 0 aliphatic carbocycles. The third-order valence-corrected chi connectivity index (χ3v) is 2.67. The maximum Gasteiger partial charge on any atom is 0.335 e. The van der Waals surface area contributed by atoms with Gasteiger partial charge in [-0.1, -0.05) is 18.2 Å². The van der Waals surface area contributed by atoms with Crippen molar-refractivity contribution in [3.63, 3.8) is 0 Å². The Morgan fingerprint density at radius 2 is 1.95 bits per heavy atom. The van der Waals surface area contributed by atoms with Gasteiger partial charge in [0, 0.05) is 0 Å². The highest BCUT2D eigenvalue weighted by Crippen LogP contribution is 2.36. The molecule has 4 N–H and O–H groups in total. The molecular formula is C13H13N3O4. The second kappa shape index (κ2) is 6.00. The lowest BCUT2D eigenvalue weighted by Gasteiger charge is -2.09. The number of hydrogen-bond acceptors (Lipinski definition) is 6. The summed E-state index contributed by atoms with van der Waals surface area (Å²) in [4.78, 5) is 10.5. The quantitative estimate of drug-likeness (QED) is 0.438. The normalized spacial score (nSPS) is 10.1.